The molecule has 0 unspecified atom stereocenters. The van der Waals surface area contributed by atoms with Gasteiger partial charge in [0.1, 0.15) is 23.0 Å². The van der Waals surface area contributed by atoms with Crippen LogP contribution < -0.4 is 14.4 Å². The maximum atomic E-state index is 14.5. The van der Waals surface area contributed by atoms with Gasteiger partial charge in [-0.25, -0.2) is 9.38 Å². The van der Waals surface area contributed by atoms with Crippen molar-refractivity contribution in [3.05, 3.63) is 53.4 Å². The summed E-state index contributed by atoms with van der Waals surface area (Å²) >= 11 is 5.23. The molecule has 1 N–H and O–H groups in total. The second kappa shape index (κ2) is 11.0. The zero-order chi connectivity index (χ0) is 26.9. The number of hydrogen-bond acceptors (Lipinski definition) is 7. The van der Waals surface area contributed by atoms with Crippen LogP contribution in [0.15, 0.2) is 29.3 Å². The monoisotopic (exact) mass is 743 g/mol. The molecular weight excluding hydrogens is 723 g/mol. The normalized spacial score (nSPS) is 15.6. The number of carbonyl (C=O) groups excluding carboxylic acids is 1. The molecule has 5 rings (SSSR count). The van der Waals surface area contributed by atoms with E-state index in [4.69, 9.17) is 16.4 Å². The molecule has 0 saturated heterocycles. The minimum Gasteiger partial charge on any atom is -0.506 e. The minimum atomic E-state index is -0.515. The van der Waals surface area contributed by atoms with E-state index in [9.17, 15) is 14.3 Å². The molecule has 0 spiro atoms. The molecule has 2 aliphatic rings. The summed E-state index contributed by atoms with van der Waals surface area (Å²) in [4.78, 5) is 18.6. The van der Waals surface area contributed by atoms with Crippen molar-refractivity contribution in [2.75, 3.05) is 18.1 Å². The fourth-order valence-electron chi connectivity index (χ4n) is 3.88. The number of halogens is 3. The molecule has 12 heteroatoms. The van der Waals surface area contributed by atoms with Crippen LogP contribution in [0.25, 0.3) is 0 Å². The second-order valence-electron chi connectivity index (χ2n) is 9.06. The quantitative estimate of drug-likeness (QED) is 0.302. The van der Waals surface area contributed by atoms with Gasteiger partial charge in [0.2, 0.25) is 4.80 Å². The molecule has 1 aromatic heterocycles. The average Bonchev–Trinajstić information content (AvgIpc) is 3.35. The minimum absolute atomic E-state index is 0.0964. The number of hydrogen-bond donors (Lipinski definition) is 1. The first-order valence-electron chi connectivity index (χ1n) is 10.9. The Kier molecular flexibility index (Phi) is 8.11. The highest BCUT2D eigenvalue weighted by atomic mass is 127. The van der Waals surface area contributed by atoms with Crippen molar-refractivity contribution >= 4 is 74.0 Å². The lowest BCUT2D eigenvalue weighted by Gasteiger charge is -2.28. The largest absolute Gasteiger partial charge is 0.506 e. The molecule has 190 valence electrons. The van der Waals surface area contributed by atoms with Gasteiger partial charge in [-0.05, 0) is 68.8 Å². The molecule has 8 nitrogen and oxygen atoms in total. The smallest absolute Gasteiger partial charge is 0.265 e. The third-order valence-corrected chi connectivity index (χ3v) is 8.00. The van der Waals surface area contributed by atoms with Crippen LogP contribution in [-0.2, 0) is 17.8 Å². The number of fused-ring (bicyclic) bond motifs is 2. The van der Waals surface area contributed by atoms with Gasteiger partial charge in [-0.3, -0.25) is 9.69 Å². The first kappa shape index (κ1) is 27.3. The van der Waals surface area contributed by atoms with Crippen LogP contribution in [0.5, 0.6) is 11.5 Å². The van der Waals surface area contributed by atoms with Crippen LogP contribution >= 0.6 is 56.7 Å². The molecule has 0 saturated carbocycles. The summed E-state index contributed by atoms with van der Waals surface area (Å²) in [6, 6.07) is 8.07. The van der Waals surface area contributed by atoms with E-state index in [2.05, 4.69) is 29.1 Å². The fourth-order valence-corrected chi connectivity index (χ4v) is 6.40. The molecular formula is C25H20FI2N5O3S. The number of anilines is 1. The number of amides is 1. The number of carbonyl (C=O) groups is 1. The van der Waals surface area contributed by atoms with Crippen molar-refractivity contribution in [2.24, 2.45) is 10.4 Å². The molecule has 37 heavy (non-hydrogen) atoms. The highest BCUT2D eigenvalue weighted by Gasteiger charge is 2.31. The van der Waals surface area contributed by atoms with Gasteiger partial charge >= 0.3 is 0 Å². The Morgan fingerprint density at radius 3 is 2.68 bits per heavy atom. The summed E-state index contributed by atoms with van der Waals surface area (Å²) in [5, 5.41) is 17.8. The second-order valence-corrected chi connectivity index (χ2v) is 12.1. The van der Waals surface area contributed by atoms with Crippen molar-refractivity contribution in [2.45, 2.75) is 26.8 Å². The van der Waals surface area contributed by atoms with E-state index in [1.807, 2.05) is 55.8 Å². The summed E-state index contributed by atoms with van der Waals surface area (Å²) in [6.07, 6.45) is 6.22. The van der Waals surface area contributed by atoms with Crippen LogP contribution in [-0.4, -0.2) is 33.1 Å². The summed E-state index contributed by atoms with van der Waals surface area (Å²) < 4.78 is 27.8. The molecule has 0 fully saturated rings. The number of nitriles is 1. The van der Waals surface area contributed by atoms with Crippen molar-refractivity contribution in [3.8, 4) is 29.9 Å². The van der Waals surface area contributed by atoms with E-state index in [0.717, 1.165) is 18.8 Å². The molecule has 2 aromatic carbocycles. The molecule has 3 aromatic rings. The highest BCUT2D eigenvalue weighted by molar-refractivity contribution is 14.1. The number of phenols is 1. The predicted octanol–water partition coefficient (Wildman–Crippen LogP) is 4.73. The van der Waals surface area contributed by atoms with Gasteiger partial charge in [-0.1, -0.05) is 19.8 Å². The Hall–Kier alpha value is -2.69. The highest BCUT2D eigenvalue weighted by Crippen LogP contribution is 2.37. The maximum Gasteiger partial charge on any atom is 0.265 e. The van der Waals surface area contributed by atoms with Gasteiger partial charge in [0.15, 0.2) is 12.4 Å². The van der Waals surface area contributed by atoms with Gasteiger partial charge < -0.3 is 14.4 Å². The molecule has 1 amide bonds. The van der Waals surface area contributed by atoms with Crippen molar-refractivity contribution in [1.29, 1.82) is 5.26 Å². The summed E-state index contributed by atoms with van der Waals surface area (Å²) in [7, 11) is 0. The number of terminal acetylenes is 1. The van der Waals surface area contributed by atoms with E-state index in [1.165, 1.54) is 28.6 Å². The van der Waals surface area contributed by atoms with Crippen LogP contribution in [0.2, 0.25) is 0 Å². The van der Waals surface area contributed by atoms with Crippen molar-refractivity contribution < 1.29 is 19.0 Å². The number of nitrogens with zero attached hydrogens (tertiary/aromatic N) is 5. The first-order valence-corrected chi connectivity index (χ1v) is 13.8. The summed E-state index contributed by atoms with van der Waals surface area (Å²) in [5.74, 6) is 3.18. The van der Waals surface area contributed by atoms with Crippen LogP contribution in [0.4, 0.5) is 15.8 Å². The van der Waals surface area contributed by atoms with E-state index in [0.29, 0.717) is 28.9 Å². The van der Waals surface area contributed by atoms with Gasteiger partial charge in [0, 0.05) is 30.6 Å². The molecule has 3 heterocycles. The predicted molar refractivity (Wildman–Crippen MR) is 154 cm³/mol. The number of rotatable bonds is 2. The zero-order valence-corrected chi connectivity index (χ0v) is 24.9. The lowest BCUT2D eigenvalue weighted by atomic mass is 9.92. The van der Waals surface area contributed by atoms with E-state index < -0.39 is 5.82 Å². The van der Waals surface area contributed by atoms with E-state index >= 15 is 0 Å². The SMILES string of the molecule is C#CCN1C(=O)COc2cc(F)c(N=c3snc4n3CC(C)(C)C4)cc21.N#Cc1cc(I)c(O)c(I)c1. The third-order valence-electron chi connectivity index (χ3n) is 5.58. The first-order chi connectivity index (χ1) is 17.5. The van der Waals surface area contributed by atoms with Crippen molar-refractivity contribution in [3.63, 3.8) is 0 Å². The molecule has 0 radical (unpaired) electrons. The van der Waals surface area contributed by atoms with Gasteiger partial charge in [-0.2, -0.15) is 9.64 Å². The Bertz CT molecular complexity index is 1530. The van der Waals surface area contributed by atoms with E-state index in [1.54, 1.807) is 12.1 Å². The third kappa shape index (κ3) is 5.91. The Balaban J connectivity index is 0.000000245. The topological polar surface area (TPSA) is 104 Å². The Morgan fingerprint density at radius 2 is 2.03 bits per heavy atom. The van der Waals surface area contributed by atoms with Gasteiger partial charge in [0.25, 0.3) is 5.91 Å². The lowest BCUT2D eigenvalue weighted by molar-refractivity contribution is -0.121. The lowest BCUT2D eigenvalue weighted by Crippen LogP contribution is -2.39. The summed E-state index contributed by atoms with van der Waals surface area (Å²) in [5.41, 5.74) is 1.26. The standard InChI is InChI=1S/C18H17FN4O2S.C7H3I2NO/c1-4-5-22-13-7-12(11(19)6-14(13)25-9-16(22)24)20-17-23-10-18(2,3)8-15(23)21-26-17;8-5-1-4(3-10)2-6(9)7(5)11/h1,6-7H,5,8-10H2,2-3H3;1-2,11H. The number of benzene rings is 2. The molecule has 0 aliphatic carbocycles. The fraction of sp³-hybridized carbons (Fsp3) is 0.280. The van der Waals surface area contributed by atoms with Crippen LogP contribution in [0.1, 0.15) is 25.2 Å². The molecule has 0 bridgehead atoms. The van der Waals surface area contributed by atoms with Gasteiger partial charge in [0.05, 0.1) is 31.0 Å². The van der Waals surface area contributed by atoms with Crippen molar-refractivity contribution in [1.82, 2.24) is 8.94 Å². The van der Waals surface area contributed by atoms with Gasteiger partial charge in [-0.15, -0.1) is 6.42 Å². The average molecular weight is 743 g/mol. The van der Waals surface area contributed by atoms with Crippen LogP contribution in [0.3, 0.4) is 0 Å². The Morgan fingerprint density at radius 1 is 1.32 bits per heavy atom. The molecule has 0 atom stereocenters. The number of aromatic nitrogens is 2. The Labute approximate surface area is 244 Å². The zero-order valence-electron chi connectivity index (χ0n) is 19.8. The number of aromatic hydroxyl groups is 1. The molecule has 2 aliphatic heterocycles. The summed E-state index contributed by atoms with van der Waals surface area (Å²) in [6.45, 7) is 5.05. The van der Waals surface area contributed by atoms with E-state index in [-0.39, 0.29) is 35.9 Å². The number of phenolic OH excluding ortho intramolecular Hbond substituents is 1. The maximum absolute atomic E-state index is 14.5. The number of ether oxygens (including phenoxy) is 1. The van der Waals surface area contributed by atoms with Crippen LogP contribution in [0, 0.1) is 42.0 Å².